The number of thiophene rings is 1. The van der Waals surface area contributed by atoms with Gasteiger partial charge in [-0.15, -0.1) is 0 Å². The smallest absolute Gasteiger partial charge is 0.254 e. The minimum atomic E-state index is -0.222. The Morgan fingerprint density at radius 2 is 2.04 bits per heavy atom. The number of amides is 1. The van der Waals surface area contributed by atoms with Crippen LogP contribution in [-0.4, -0.2) is 29.4 Å². The molecule has 1 aromatic carbocycles. The molecule has 1 aliphatic rings. The lowest BCUT2D eigenvalue weighted by atomic mass is 9.89. The maximum Gasteiger partial charge on any atom is 0.254 e. The Hall–Kier alpha value is -1.65. The van der Waals surface area contributed by atoms with Gasteiger partial charge in [0.1, 0.15) is 0 Å². The van der Waals surface area contributed by atoms with Crippen molar-refractivity contribution in [2.45, 2.75) is 58.4 Å². The second-order valence-corrected chi connectivity index (χ2v) is 8.74. The molecule has 3 rings (SSSR count). The minimum Gasteiger partial charge on any atom is -0.338 e. The van der Waals surface area contributed by atoms with Gasteiger partial charge in [-0.2, -0.15) is 11.3 Å². The first-order valence-electron chi connectivity index (χ1n) is 9.56. The fourth-order valence-corrected chi connectivity index (χ4v) is 4.48. The molecule has 0 radical (unpaired) electrons. The van der Waals surface area contributed by atoms with Gasteiger partial charge in [0.2, 0.25) is 0 Å². The van der Waals surface area contributed by atoms with Gasteiger partial charge in [-0.25, -0.2) is 0 Å². The molecule has 1 aromatic heterocycles. The minimum absolute atomic E-state index is 0.170. The molecule has 26 heavy (non-hydrogen) atoms. The molecular weight excluding hydrogens is 340 g/mol. The van der Waals surface area contributed by atoms with E-state index in [1.165, 1.54) is 22.3 Å². The van der Waals surface area contributed by atoms with Gasteiger partial charge in [-0.3, -0.25) is 4.79 Å². The predicted octanol–water partition coefficient (Wildman–Crippen LogP) is 4.49. The molecule has 0 bridgehead atoms. The van der Waals surface area contributed by atoms with Crippen molar-refractivity contribution in [1.29, 1.82) is 0 Å². The normalized spacial score (nSPS) is 16.5. The van der Waals surface area contributed by atoms with Crippen LogP contribution in [0, 0.1) is 13.8 Å². The van der Waals surface area contributed by atoms with Crippen LogP contribution < -0.4 is 5.73 Å². The predicted molar refractivity (Wildman–Crippen MR) is 110 cm³/mol. The quantitative estimate of drug-likeness (QED) is 0.780. The number of rotatable bonds is 7. The molecule has 0 spiro atoms. The molecule has 140 valence electrons. The Morgan fingerprint density at radius 3 is 2.77 bits per heavy atom. The fourth-order valence-electron chi connectivity index (χ4n) is 3.78. The molecular formula is C22H30N2OS. The first kappa shape index (κ1) is 19.1. The van der Waals surface area contributed by atoms with E-state index in [1.807, 2.05) is 11.0 Å². The lowest BCUT2D eigenvalue weighted by Gasteiger charge is -2.33. The summed E-state index contributed by atoms with van der Waals surface area (Å²) in [5, 5.41) is 4.33. The highest BCUT2D eigenvalue weighted by Crippen LogP contribution is 2.26. The van der Waals surface area contributed by atoms with E-state index in [4.69, 9.17) is 5.73 Å². The molecule has 1 aliphatic heterocycles. The second kappa shape index (κ2) is 7.93. The van der Waals surface area contributed by atoms with Crippen LogP contribution in [0.2, 0.25) is 0 Å². The number of carbonyl (C=O) groups is 1. The third kappa shape index (κ3) is 4.36. The van der Waals surface area contributed by atoms with E-state index in [-0.39, 0.29) is 11.4 Å². The van der Waals surface area contributed by atoms with E-state index < -0.39 is 0 Å². The van der Waals surface area contributed by atoms with E-state index in [2.05, 4.69) is 43.7 Å². The largest absolute Gasteiger partial charge is 0.338 e. The lowest BCUT2D eigenvalue weighted by molar-refractivity contribution is 0.0726. The van der Waals surface area contributed by atoms with Crippen molar-refractivity contribution in [3.63, 3.8) is 0 Å². The van der Waals surface area contributed by atoms with Crippen molar-refractivity contribution in [3.05, 3.63) is 56.8 Å². The average molecular weight is 371 g/mol. The summed E-state index contributed by atoms with van der Waals surface area (Å²) in [5.41, 5.74) is 12.4. The Balaban J connectivity index is 1.54. The van der Waals surface area contributed by atoms with Gasteiger partial charge in [0.15, 0.2) is 0 Å². The maximum atomic E-state index is 12.9. The first-order valence-corrected chi connectivity index (χ1v) is 10.5. The summed E-state index contributed by atoms with van der Waals surface area (Å²) in [5.74, 6) is 0.170. The summed E-state index contributed by atoms with van der Waals surface area (Å²) < 4.78 is 0. The van der Waals surface area contributed by atoms with Crippen molar-refractivity contribution in [2.75, 3.05) is 13.1 Å². The highest BCUT2D eigenvalue weighted by atomic mass is 32.1. The number of benzene rings is 1. The Labute approximate surface area is 161 Å². The lowest BCUT2D eigenvalue weighted by Crippen LogP contribution is -2.44. The highest BCUT2D eigenvalue weighted by Gasteiger charge is 2.27. The van der Waals surface area contributed by atoms with Gasteiger partial charge < -0.3 is 10.6 Å². The number of nitrogens with two attached hydrogens (primary N) is 1. The monoisotopic (exact) mass is 370 g/mol. The summed E-state index contributed by atoms with van der Waals surface area (Å²) in [7, 11) is 0. The molecule has 1 amide bonds. The molecule has 2 N–H and O–H groups in total. The number of nitrogens with zero attached hydrogens (tertiary/aromatic N) is 1. The number of hydrogen-bond donors (Lipinski definition) is 1. The SMILES string of the molecule is Cc1ccc2c(c1C)CCN(CCC(C)(N)CCCc1ccsc1)C2=O. The van der Waals surface area contributed by atoms with Crippen LogP contribution in [0.4, 0.5) is 0 Å². The Bertz CT molecular complexity index is 765. The summed E-state index contributed by atoms with van der Waals surface area (Å²) >= 11 is 1.75. The molecule has 4 heteroatoms. The van der Waals surface area contributed by atoms with Gasteiger partial charge in [0.25, 0.3) is 5.91 Å². The molecule has 1 atom stereocenters. The number of carbonyl (C=O) groups excluding carboxylic acids is 1. The number of aryl methyl sites for hydroxylation is 2. The molecule has 1 unspecified atom stereocenters. The van der Waals surface area contributed by atoms with Crippen LogP contribution in [0.1, 0.15) is 58.8 Å². The molecule has 3 nitrogen and oxygen atoms in total. The Kier molecular flexibility index (Phi) is 5.83. The molecule has 0 saturated heterocycles. The number of hydrogen-bond acceptors (Lipinski definition) is 3. The van der Waals surface area contributed by atoms with Crippen molar-refractivity contribution in [2.24, 2.45) is 5.73 Å². The summed E-state index contributed by atoms with van der Waals surface area (Å²) in [4.78, 5) is 14.8. The van der Waals surface area contributed by atoms with Crippen LogP contribution in [0.3, 0.4) is 0 Å². The summed E-state index contributed by atoms with van der Waals surface area (Å²) in [6.45, 7) is 7.91. The molecule has 0 saturated carbocycles. The third-order valence-corrected chi connectivity index (χ3v) is 6.50. The topological polar surface area (TPSA) is 46.3 Å². The standard InChI is InChI=1S/C22H30N2OS/c1-16-6-7-20-19(17(16)2)8-12-24(21(20)25)13-11-22(3,23)10-4-5-18-9-14-26-15-18/h6-7,9,14-15H,4-5,8,10-13,23H2,1-3H3. The van der Waals surface area contributed by atoms with Gasteiger partial charge in [0, 0.05) is 24.2 Å². The highest BCUT2D eigenvalue weighted by molar-refractivity contribution is 7.07. The van der Waals surface area contributed by atoms with Crippen molar-refractivity contribution >= 4 is 17.2 Å². The second-order valence-electron chi connectivity index (χ2n) is 7.96. The third-order valence-electron chi connectivity index (χ3n) is 5.76. The molecule has 2 heterocycles. The first-order chi connectivity index (χ1) is 12.4. The summed E-state index contributed by atoms with van der Waals surface area (Å²) in [6, 6.07) is 6.24. The van der Waals surface area contributed by atoms with Crippen LogP contribution in [0.15, 0.2) is 29.0 Å². The van der Waals surface area contributed by atoms with Gasteiger partial charge in [-0.05, 0) is 98.0 Å². The van der Waals surface area contributed by atoms with Crippen molar-refractivity contribution in [3.8, 4) is 0 Å². The molecule has 2 aromatic rings. The molecule has 0 aliphatic carbocycles. The number of fused-ring (bicyclic) bond motifs is 1. The maximum absolute atomic E-state index is 12.9. The van der Waals surface area contributed by atoms with E-state index in [0.29, 0.717) is 0 Å². The van der Waals surface area contributed by atoms with Crippen LogP contribution in [0.25, 0.3) is 0 Å². The van der Waals surface area contributed by atoms with Crippen molar-refractivity contribution < 1.29 is 4.79 Å². The fraction of sp³-hybridized carbons (Fsp3) is 0.500. The average Bonchev–Trinajstić information content (AvgIpc) is 3.11. The Morgan fingerprint density at radius 1 is 1.23 bits per heavy atom. The van der Waals surface area contributed by atoms with Crippen LogP contribution in [0.5, 0.6) is 0 Å². The van der Waals surface area contributed by atoms with Crippen molar-refractivity contribution in [1.82, 2.24) is 4.90 Å². The van der Waals surface area contributed by atoms with Crippen LogP contribution in [-0.2, 0) is 12.8 Å². The van der Waals surface area contributed by atoms with E-state index in [9.17, 15) is 4.79 Å². The van der Waals surface area contributed by atoms with E-state index >= 15 is 0 Å². The zero-order chi connectivity index (χ0) is 18.7. The van der Waals surface area contributed by atoms with Crippen LogP contribution >= 0.6 is 11.3 Å². The van der Waals surface area contributed by atoms with Gasteiger partial charge >= 0.3 is 0 Å². The zero-order valence-corrected chi connectivity index (χ0v) is 17.0. The zero-order valence-electron chi connectivity index (χ0n) is 16.2. The summed E-state index contributed by atoms with van der Waals surface area (Å²) in [6.07, 6.45) is 4.97. The van der Waals surface area contributed by atoms with Gasteiger partial charge in [0.05, 0.1) is 0 Å². The van der Waals surface area contributed by atoms with E-state index in [1.54, 1.807) is 11.3 Å². The van der Waals surface area contributed by atoms with Gasteiger partial charge in [-0.1, -0.05) is 6.07 Å². The molecule has 0 fully saturated rings. The van der Waals surface area contributed by atoms with E-state index in [0.717, 1.165) is 50.8 Å².